The number of nitrogens with zero attached hydrogens (tertiary/aromatic N) is 5. The molecule has 1 saturated heterocycles. The number of hydrogen-bond acceptors (Lipinski definition) is 8. The first-order valence-corrected chi connectivity index (χ1v) is 11.5. The van der Waals surface area contributed by atoms with Crippen molar-refractivity contribution < 1.29 is 14.9 Å². The Bertz CT molecular complexity index is 1210. The molecule has 3 N–H and O–H groups in total. The molecule has 4 rings (SSSR count). The second kappa shape index (κ2) is 10.1. The molecule has 11 nitrogen and oxygen atoms in total. The van der Waals surface area contributed by atoms with Crippen molar-refractivity contribution in [2.45, 2.75) is 12.6 Å². The highest BCUT2D eigenvalue weighted by Gasteiger charge is 2.26. The summed E-state index contributed by atoms with van der Waals surface area (Å²) in [7, 11) is 1.55. The van der Waals surface area contributed by atoms with Crippen LogP contribution in [0.15, 0.2) is 38.3 Å². The quantitative estimate of drug-likeness (QED) is 0.369. The molecule has 178 valence electrons. The molecule has 1 aliphatic heterocycles. The topological polar surface area (TPSA) is 129 Å². The molecule has 12 heteroatoms. The van der Waals surface area contributed by atoms with Gasteiger partial charge in [-0.25, -0.2) is 4.79 Å². The highest BCUT2D eigenvalue weighted by molar-refractivity contribution is 9.10. The third-order valence-corrected chi connectivity index (χ3v) is 6.24. The Hall–Kier alpha value is -2.67. The van der Waals surface area contributed by atoms with Crippen molar-refractivity contribution in [1.82, 2.24) is 24.0 Å². The number of aryl methyl sites for hydroxylation is 1. The minimum atomic E-state index is -0.919. The van der Waals surface area contributed by atoms with Crippen LogP contribution >= 0.6 is 15.9 Å². The third kappa shape index (κ3) is 5.13. The number of aromatic amines is 1. The molecule has 2 aromatic heterocycles. The number of H-pyrrole nitrogens is 1. The van der Waals surface area contributed by atoms with Gasteiger partial charge >= 0.3 is 5.69 Å². The Balaban J connectivity index is 1.61. The van der Waals surface area contributed by atoms with Crippen molar-refractivity contribution >= 4 is 33.0 Å². The molecule has 3 aromatic rings. The molecule has 0 radical (unpaired) electrons. The van der Waals surface area contributed by atoms with Crippen LogP contribution in [0.5, 0.6) is 5.75 Å². The van der Waals surface area contributed by atoms with Gasteiger partial charge < -0.3 is 24.4 Å². The lowest BCUT2D eigenvalue weighted by molar-refractivity contribution is 0.0935. The van der Waals surface area contributed by atoms with Gasteiger partial charge in [-0.1, -0.05) is 15.9 Å². The second-order valence-electron chi connectivity index (χ2n) is 7.98. The number of hydrogen-bond donors (Lipinski definition) is 3. The Morgan fingerprint density at radius 1 is 1.18 bits per heavy atom. The van der Waals surface area contributed by atoms with Gasteiger partial charge in [0, 0.05) is 44.2 Å². The zero-order valence-electron chi connectivity index (χ0n) is 18.3. The van der Waals surface area contributed by atoms with E-state index in [2.05, 4.69) is 30.8 Å². The molecule has 1 aromatic carbocycles. The van der Waals surface area contributed by atoms with Gasteiger partial charge in [0.2, 0.25) is 5.95 Å². The number of anilines is 1. The van der Waals surface area contributed by atoms with Gasteiger partial charge in [-0.2, -0.15) is 4.98 Å². The summed E-state index contributed by atoms with van der Waals surface area (Å²) in [5, 5.41) is 19.9. The zero-order valence-corrected chi connectivity index (χ0v) is 19.9. The van der Waals surface area contributed by atoms with E-state index in [-0.39, 0.29) is 30.9 Å². The normalized spacial score (nSPS) is 15.8. The van der Waals surface area contributed by atoms with E-state index < -0.39 is 17.4 Å². The standard InChI is InChI=1S/C21H27BrN6O5/c1-25-18-17(19(31)24-21(25)32)28(12-15(30)13-33-16-4-2-14(22)3-5-16)20(23-18)27-8-6-26(7-9-27)10-11-29/h2-5,15,29-30H,6-13H2,1H3,(H,24,31,32)/t15-/m0/s1. The Labute approximate surface area is 198 Å². The van der Waals surface area contributed by atoms with Crippen molar-refractivity contribution in [3.8, 4) is 5.75 Å². The van der Waals surface area contributed by atoms with Crippen LogP contribution < -0.4 is 20.9 Å². The minimum Gasteiger partial charge on any atom is -0.491 e. The summed E-state index contributed by atoms with van der Waals surface area (Å²) in [6, 6.07) is 7.28. The smallest absolute Gasteiger partial charge is 0.329 e. The van der Waals surface area contributed by atoms with E-state index in [9.17, 15) is 19.8 Å². The maximum atomic E-state index is 12.7. The van der Waals surface area contributed by atoms with Gasteiger partial charge in [-0.3, -0.25) is 19.2 Å². The van der Waals surface area contributed by atoms with Gasteiger partial charge in [0.25, 0.3) is 5.56 Å². The molecular weight excluding hydrogens is 496 g/mol. The SMILES string of the molecule is Cn1c(=O)[nH]c(=O)c2c1nc(N1CCN(CCO)CC1)n2C[C@H](O)COc1ccc(Br)cc1. The first kappa shape index (κ1) is 23.5. The number of aliphatic hydroxyl groups is 2. The fourth-order valence-corrected chi connectivity index (χ4v) is 4.20. The largest absolute Gasteiger partial charge is 0.491 e. The van der Waals surface area contributed by atoms with Crippen LogP contribution in [-0.2, 0) is 13.6 Å². The number of piperazine rings is 1. The van der Waals surface area contributed by atoms with E-state index in [0.29, 0.717) is 31.3 Å². The molecule has 1 aliphatic rings. The van der Waals surface area contributed by atoms with Gasteiger partial charge in [-0.15, -0.1) is 0 Å². The number of imidazole rings is 1. The first-order valence-electron chi connectivity index (χ1n) is 10.7. The average molecular weight is 523 g/mol. The average Bonchev–Trinajstić information content (AvgIpc) is 3.17. The number of benzene rings is 1. The van der Waals surface area contributed by atoms with Crippen molar-refractivity contribution in [1.29, 1.82) is 0 Å². The molecule has 0 saturated carbocycles. The number of fused-ring (bicyclic) bond motifs is 1. The fourth-order valence-electron chi connectivity index (χ4n) is 3.94. The summed E-state index contributed by atoms with van der Waals surface area (Å²) in [6.45, 7) is 3.53. The van der Waals surface area contributed by atoms with Gasteiger partial charge in [-0.05, 0) is 24.3 Å². The van der Waals surface area contributed by atoms with Gasteiger partial charge in [0.1, 0.15) is 18.5 Å². The van der Waals surface area contributed by atoms with Crippen LogP contribution in [0.25, 0.3) is 11.2 Å². The molecule has 0 spiro atoms. The van der Waals surface area contributed by atoms with Crippen molar-refractivity contribution in [3.05, 3.63) is 49.6 Å². The summed E-state index contributed by atoms with van der Waals surface area (Å²) in [6.07, 6.45) is -0.919. The Morgan fingerprint density at radius 2 is 1.88 bits per heavy atom. The lowest BCUT2D eigenvalue weighted by Gasteiger charge is -2.35. The van der Waals surface area contributed by atoms with Crippen LogP contribution in [-0.4, -0.2) is 86.3 Å². The number of ether oxygens (including phenoxy) is 1. The minimum absolute atomic E-state index is 0.0225. The van der Waals surface area contributed by atoms with E-state index in [1.165, 1.54) is 4.57 Å². The monoisotopic (exact) mass is 522 g/mol. The van der Waals surface area contributed by atoms with E-state index in [0.717, 1.165) is 17.6 Å². The molecule has 0 amide bonds. The predicted molar refractivity (Wildman–Crippen MR) is 127 cm³/mol. The number of aliphatic hydroxyl groups excluding tert-OH is 2. The molecule has 0 bridgehead atoms. The van der Waals surface area contributed by atoms with E-state index >= 15 is 0 Å². The first-order chi connectivity index (χ1) is 15.9. The summed E-state index contributed by atoms with van der Waals surface area (Å²) >= 11 is 3.37. The van der Waals surface area contributed by atoms with E-state index in [1.54, 1.807) is 23.7 Å². The summed E-state index contributed by atoms with van der Waals surface area (Å²) < 4.78 is 9.57. The van der Waals surface area contributed by atoms with Gasteiger partial charge in [0.15, 0.2) is 11.2 Å². The maximum absolute atomic E-state index is 12.7. The van der Waals surface area contributed by atoms with Crippen LogP contribution in [0.2, 0.25) is 0 Å². The molecule has 1 atom stereocenters. The molecule has 3 heterocycles. The highest BCUT2D eigenvalue weighted by Crippen LogP contribution is 2.22. The third-order valence-electron chi connectivity index (χ3n) is 5.71. The van der Waals surface area contributed by atoms with Crippen LogP contribution in [0.4, 0.5) is 5.95 Å². The lowest BCUT2D eigenvalue weighted by atomic mass is 10.3. The van der Waals surface area contributed by atoms with E-state index in [1.807, 2.05) is 17.0 Å². The number of halogens is 1. The summed E-state index contributed by atoms with van der Waals surface area (Å²) in [5.41, 5.74) is -0.604. The predicted octanol–water partition coefficient (Wildman–Crippen LogP) is -0.260. The molecule has 33 heavy (non-hydrogen) atoms. The number of rotatable bonds is 8. The van der Waals surface area contributed by atoms with Crippen LogP contribution in [0.1, 0.15) is 0 Å². The second-order valence-corrected chi connectivity index (χ2v) is 8.90. The van der Waals surface area contributed by atoms with Crippen molar-refractivity contribution in [3.63, 3.8) is 0 Å². The number of aromatic nitrogens is 4. The molecule has 1 fully saturated rings. The Kier molecular flexibility index (Phi) is 7.17. The molecule has 0 unspecified atom stereocenters. The maximum Gasteiger partial charge on any atom is 0.329 e. The fraction of sp³-hybridized carbons (Fsp3) is 0.476. The van der Waals surface area contributed by atoms with Crippen molar-refractivity contribution in [2.75, 3.05) is 50.8 Å². The van der Waals surface area contributed by atoms with Gasteiger partial charge in [0.05, 0.1) is 13.2 Å². The number of nitrogens with one attached hydrogen (secondary N) is 1. The molecular formula is C21H27BrN6O5. The zero-order chi connectivity index (χ0) is 23.5. The Morgan fingerprint density at radius 3 is 2.55 bits per heavy atom. The number of β-amino-alcohol motifs (C(OH)–C–C–N with tert-alkyl or cyclic N) is 1. The molecule has 0 aliphatic carbocycles. The summed E-state index contributed by atoms with van der Waals surface area (Å²) in [5.74, 6) is 1.14. The van der Waals surface area contributed by atoms with E-state index in [4.69, 9.17) is 4.74 Å². The van der Waals surface area contributed by atoms with Crippen LogP contribution in [0, 0.1) is 0 Å². The summed E-state index contributed by atoms with van der Waals surface area (Å²) in [4.78, 5) is 35.9. The van der Waals surface area contributed by atoms with Crippen molar-refractivity contribution in [2.24, 2.45) is 7.05 Å². The lowest BCUT2D eigenvalue weighted by Crippen LogP contribution is -2.48. The highest BCUT2D eigenvalue weighted by atomic mass is 79.9. The van der Waals surface area contributed by atoms with Crippen LogP contribution in [0.3, 0.4) is 0 Å².